The zero-order valence-electron chi connectivity index (χ0n) is 19.3. The molecular formula is C24H26N4O6S. The van der Waals surface area contributed by atoms with Gasteiger partial charge in [0.15, 0.2) is 5.17 Å². The number of aliphatic imine (C=N–C) groups is 1. The van der Waals surface area contributed by atoms with E-state index in [4.69, 9.17) is 9.47 Å². The van der Waals surface area contributed by atoms with Crippen LogP contribution in [0, 0.1) is 10.1 Å². The highest BCUT2D eigenvalue weighted by molar-refractivity contribution is 8.16. The first kappa shape index (κ1) is 24.7. The van der Waals surface area contributed by atoms with E-state index in [0.717, 1.165) is 12.8 Å². The number of nitro benzene ring substituents is 1. The van der Waals surface area contributed by atoms with Crippen molar-refractivity contribution in [3.8, 4) is 0 Å². The van der Waals surface area contributed by atoms with Gasteiger partial charge in [0.05, 0.1) is 34.8 Å². The number of allylic oxidation sites excluding steroid dienone is 1. The average molecular weight is 499 g/mol. The first-order valence-corrected chi connectivity index (χ1v) is 12.1. The van der Waals surface area contributed by atoms with Crippen LogP contribution in [0.5, 0.6) is 0 Å². The highest BCUT2D eigenvalue weighted by Crippen LogP contribution is 2.45. The number of nitrogens with zero attached hydrogens (tertiary/aromatic N) is 3. The SMILES string of the molecule is C=CCOC(=O)C1=C(C)N=C2SC=C(CC(=O)NCC3CCCO3)N2C1c1cccc([N+](=O)[O-])c1. The van der Waals surface area contributed by atoms with E-state index in [-0.39, 0.29) is 36.3 Å². The van der Waals surface area contributed by atoms with Gasteiger partial charge in [0.1, 0.15) is 6.61 Å². The first-order valence-electron chi connectivity index (χ1n) is 11.2. The monoisotopic (exact) mass is 498 g/mol. The Labute approximate surface area is 206 Å². The fourth-order valence-electron chi connectivity index (χ4n) is 4.23. The lowest BCUT2D eigenvalue weighted by atomic mass is 9.93. The number of esters is 1. The lowest BCUT2D eigenvalue weighted by molar-refractivity contribution is -0.384. The minimum absolute atomic E-state index is 0.0108. The molecule has 2 atom stereocenters. The molecule has 1 saturated heterocycles. The number of nitro groups is 1. The Morgan fingerprint density at radius 2 is 2.29 bits per heavy atom. The summed E-state index contributed by atoms with van der Waals surface area (Å²) in [5.41, 5.74) is 1.76. The number of ether oxygens (including phenoxy) is 2. The van der Waals surface area contributed by atoms with E-state index in [1.165, 1.54) is 30.0 Å². The first-order chi connectivity index (χ1) is 16.9. The Hall–Kier alpha value is -3.44. The molecule has 1 amide bonds. The van der Waals surface area contributed by atoms with Gasteiger partial charge in [0, 0.05) is 31.0 Å². The summed E-state index contributed by atoms with van der Waals surface area (Å²) < 4.78 is 10.9. The van der Waals surface area contributed by atoms with E-state index in [0.29, 0.717) is 35.3 Å². The number of rotatable bonds is 9. The molecule has 0 aliphatic carbocycles. The Bertz CT molecular complexity index is 1140. The van der Waals surface area contributed by atoms with Crippen molar-refractivity contribution in [2.24, 2.45) is 4.99 Å². The second kappa shape index (κ2) is 10.9. The average Bonchev–Trinajstić information content (AvgIpc) is 3.50. The van der Waals surface area contributed by atoms with Crippen LogP contribution >= 0.6 is 11.8 Å². The third-order valence-electron chi connectivity index (χ3n) is 5.84. The van der Waals surface area contributed by atoms with E-state index in [1.807, 2.05) is 5.41 Å². The van der Waals surface area contributed by atoms with Crippen LogP contribution in [0.25, 0.3) is 0 Å². The summed E-state index contributed by atoms with van der Waals surface area (Å²) in [5, 5.41) is 16.8. The zero-order chi connectivity index (χ0) is 24.9. The second-order valence-corrected chi connectivity index (χ2v) is 9.08. The van der Waals surface area contributed by atoms with E-state index in [2.05, 4.69) is 16.9 Å². The highest BCUT2D eigenvalue weighted by Gasteiger charge is 2.41. The third kappa shape index (κ3) is 5.46. The molecule has 4 rings (SSSR count). The molecule has 3 heterocycles. The number of amides is 1. The maximum absolute atomic E-state index is 13.1. The number of carbonyl (C=O) groups is 2. The molecule has 35 heavy (non-hydrogen) atoms. The molecule has 3 aliphatic rings. The maximum Gasteiger partial charge on any atom is 0.338 e. The van der Waals surface area contributed by atoms with Gasteiger partial charge in [-0.15, -0.1) is 0 Å². The van der Waals surface area contributed by atoms with Gasteiger partial charge in [-0.1, -0.05) is 36.5 Å². The predicted octanol–water partition coefficient (Wildman–Crippen LogP) is 3.58. The number of amidine groups is 1. The summed E-state index contributed by atoms with van der Waals surface area (Å²) >= 11 is 1.34. The Balaban J connectivity index is 1.64. The smallest absolute Gasteiger partial charge is 0.338 e. The number of nitrogens with one attached hydrogen (secondary N) is 1. The van der Waals surface area contributed by atoms with Gasteiger partial charge < -0.3 is 19.7 Å². The Kier molecular flexibility index (Phi) is 7.67. The minimum atomic E-state index is -0.744. The number of fused-ring (bicyclic) bond motifs is 1. The molecule has 11 heteroatoms. The number of carbonyl (C=O) groups excluding carboxylic acids is 2. The van der Waals surface area contributed by atoms with Crippen LogP contribution in [0.1, 0.15) is 37.8 Å². The molecule has 1 aromatic rings. The van der Waals surface area contributed by atoms with Crippen molar-refractivity contribution in [1.29, 1.82) is 0 Å². The minimum Gasteiger partial charge on any atom is -0.458 e. The quantitative estimate of drug-likeness (QED) is 0.237. The molecule has 1 fully saturated rings. The van der Waals surface area contributed by atoms with Gasteiger partial charge >= 0.3 is 5.97 Å². The standard InChI is InChI=1S/C24H26N4O6S/c1-3-9-34-23(30)21-15(2)26-24-27(22(21)16-6-4-7-17(11-16)28(31)32)18(14-35-24)12-20(29)25-13-19-8-5-10-33-19/h3-4,6-7,11,14,19,22H,1,5,8-10,12-13H2,2H3,(H,25,29). The van der Waals surface area contributed by atoms with Crippen molar-refractivity contribution in [1.82, 2.24) is 10.2 Å². The molecule has 0 spiro atoms. The van der Waals surface area contributed by atoms with Crippen molar-refractivity contribution >= 4 is 34.5 Å². The third-order valence-corrected chi connectivity index (χ3v) is 6.73. The molecule has 1 aromatic carbocycles. The van der Waals surface area contributed by atoms with Crippen LogP contribution in [0.15, 0.2) is 64.3 Å². The second-order valence-electron chi connectivity index (χ2n) is 8.25. The summed E-state index contributed by atoms with van der Waals surface area (Å²) in [6.45, 7) is 6.43. The van der Waals surface area contributed by atoms with Gasteiger partial charge in [-0.3, -0.25) is 14.9 Å². The van der Waals surface area contributed by atoms with Crippen molar-refractivity contribution in [3.63, 3.8) is 0 Å². The summed E-state index contributed by atoms with van der Waals surface area (Å²) in [6.07, 6.45) is 3.43. The molecule has 1 N–H and O–H groups in total. The van der Waals surface area contributed by atoms with Gasteiger partial charge in [0.2, 0.25) is 5.91 Å². The number of non-ortho nitro benzene ring substituents is 1. The Morgan fingerprint density at radius 3 is 3.00 bits per heavy atom. The van der Waals surface area contributed by atoms with Crippen LogP contribution in [-0.2, 0) is 19.1 Å². The van der Waals surface area contributed by atoms with Crippen LogP contribution in [-0.4, -0.2) is 52.7 Å². The molecule has 2 unspecified atom stereocenters. The van der Waals surface area contributed by atoms with Crippen molar-refractivity contribution < 1.29 is 24.0 Å². The van der Waals surface area contributed by atoms with E-state index in [9.17, 15) is 19.7 Å². The number of hydrogen-bond acceptors (Lipinski definition) is 9. The molecule has 10 nitrogen and oxygen atoms in total. The van der Waals surface area contributed by atoms with Crippen molar-refractivity contribution in [3.05, 3.63) is 75.0 Å². The van der Waals surface area contributed by atoms with Crippen LogP contribution in [0.2, 0.25) is 0 Å². The van der Waals surface area contributed by atoms with Crippen LogP contribution in [0.4, 0.5) is 5.69 Å². The van der Waals surface area contributed by atoms with Gasteiger partial charge in [0.25, 0.3) is 5.69 Å². The van der Waals surface area contributed by atoms with Crippen LogP contribution in [0.3, 0.4) is 0 Å². The number of thioether (sulfide) groups is 1. The largest absolute Gasteiger partial charge is 0.458 e. The normalized spacial score (nSPS) is 21.2. The van der Waals surface area contributed by atoms with Gasteiger partial charge in [-0.25, -0.2) is 9.79 Å². The number of benzene rings is 1. The molecule has 3 aliphatic heterocycles. The highest BCUT2D eigenvalue weighted by atomic mass is 32.2. The molecule has 0 saturated carbocycles. The molecule has 0 bridgehead atoms. The topological polar surface area (TPSA) is 123 Å². The van der Waals surface area contributed by atoms with E-state index in [1.54, 1.807) is 24.0 Å². The fourth-order valence-corrected chi connectivity index (χ4v) is 5.19. The summed E-state index contributed by atoms with van der Waals surface area (Å²) in [6, 6.07) is 5.36. The lowest BCUT2D eigenvalue weighted by Gasteiger charge is -2.36. The van der Waals surface area contributed by atoms with Crippen LogP contribution < -0.4 is 5.32 Å². The van der Waals surface area contributed by atoms with Gasteiger partial charge in [-0.05, 0) is 30.7 Å². The van der Waals surface area contributed by atoms with Crippen molar-refractivity contribution in [2.45, 2.75) is 38.3 Å². The lowest BCUT2D eigenvalue weighted by Crippen LogP contribution is -2.38. The van der Waals surface area contributed by atoms with E-state index >= 15 is 0 Å². The summed E-state index contributed by atoms with van der Waals surface area (Å²) in [5.74, 6) is -0.783. The maximum atomic E-state index is 13.1. The number of hydrogen-bond donors (Lipinski definition) is 1. The Morgan fingerprint density at radius 1 is 1.46 bits per heavy atom. The molecule has 184 valence electrons. The molecular weight excluding hydrogens is 472 g/mol. The van der Waals surface area contributed by atoms with Gasteiger partial charge in [-0.2, -0.15) is 0 Å². The summed E-state index contributed by atoms with van der Waals surface area (Å²) in [7, 11) is 0. The van der Waals surface area contributed by atoms with Crippen molar-refractivity contribution in [2.75, 3.05) is 19.8 Å². The molecule has 0 aromatic heterocycles. The molecule has 0 radical (unpaired) electrons. The van der Waals surface area contributed by atoms with E-state index < -0.39 is 16.9 Å². The fraction of sp³-hybridized carbons (Fsp3) is 0.375. The predicted molar refractivity (Wildman–Crippen MR) is 131 cm³/mol. The zero-order valence-corrected chi connectivity index (χ0v) is 20.1. The summed E-state index contributed by atoms with van der Waals surface area (Å²) in [4.78, 5) is 43.1.